The highest BCUT2D eigenvalue weighted by molar-refractivity contribution is 6.30. The largest absolute Gasteiger partial charge is 0.493 e. The molecule has 2 aromatic heterocycles. The fourth-order valence-corrected chi connectivity index (χ4v) is 3.27. The van der Waals surface area contributed by atoms with Crippen molar-refractivity contribution in [2.75, 3.05) is 39.1 Å². The maximum atomic E-state index is 14.8. The van der Waals surface area contributed by atoms with Crippen LogP contribution < -0.4 is 10.1 Å². The third-order valence-electron chi connectivity index (χ3n) is 4.67. The summed E-state index contributed by atoms with van der Waals surface area (Å²) >= 11 is 6.23. The maximum absolute atomic E-state index is 14.8. The summed E-state index contributed by atoms with van der Waals surface area (Å²) in [5.74, 6) is -2.36. The number of rotatable bonds is 10. The number of ether oxygens (including phenoxy) is 1. The van der Waals surface area contributed by atoms with Crippen molar-refractivity contribution in [3.05, 3.63) is 58.5 Å². The van der Waals surface area contributed by atoms with Crippen LogP contribution >= 0.6 is 11.6 Å². The number of hydrogen-bond acceptors (Lipinski definition) is 7. The van der Waals surface area contributed by atoms with Crippen LogP contribution in [0.3, 0.4) is 0 Å². The molecule has 0 saturated carbocycles. The van der Waals surface area contributed by atoms with Gasteiger partial charge in [-0.25, -0.2) is 28.7 Å². The number of aromatic nitrogens is 4. The minimum Gasteiger partial charge on any atom is -0.493 e. The second kappa shape index (κ2) is 11.5. The topological polar surface area (TPSA) is 76.1 Å². The van der Waals surface area contributed by atoms with Gasteiger partial charge >= 0.3 is 6.18 Å². The first kappa shape index (κ1) is 26.5. The average Bonchev–Trinajstić information content (AvgIpc) is 2.78. The molecule has 0 spiro atoms. The molecular weight excluding hydrogens is 495 g/mol. The van der Waals surface area contributed by atoms with E-state index in [9.17, 15) is 22.0 Å². The van der Waals surface area contributed by atoms with Crippen LogP contribution in [0.4, 0.5) is 27.8 Å². The van der Waals surface area contributed by atoms with Crippen LogP contribution in [-0.4, -0.2) is 64.8 Å². The predicted molar refractivity (Wildman–Crippen MR) is 120 cm³/mol. The van der Waals surface area contributed by atoms with E-state index in [4.69, 9.17) is 16.3 Å². The molecule has 0 unspecified atom stereocenters. The van der Waals surface area contributed by atoms with Crippen molar-refractivity contribution >= 4 is 17.4 Å². The minimum atomic E-state index is -4.58. The van der Waals surface area contributed by atoms with E-state index >= 15 is 0 Å². The Morgan fingerprint density at radius 2 is 1.66 bits per heavy atom. The fraction of sp³-hybridized carbons (Fsp3) is 0.364. The zero-order valence-corrected chi connectivity index (χ0v) is 19.6. The Kier molecular flexibility index (Phi) is 8.73. The van der Waals surface area contributed by atoms with Crippen molar-refractivity contribution < 1.29 is 26.7 Å². The van der Waals surface area contributed by atoms with Gasteiger partial charge in [0.25, 0.3) is 0 Å². The molecule has 0 radical (unpaired) electrons. The van der Waals surface area contributed by atoms with E-state index in [-0.39, 0.29) is 40.5 Å². The summed E-state index contributed by atoms with van der Waals surface area (Å²) < 4.78 is 73.6. The number of benzene rings is 1. The van der Waals surface area contributed by atoms with Crippen LogP contribution in [0.15, 0.2) is 30.6 Å². The van der Waals surface area contributed by atoms with Gasteiger partial charge in [0.2, 0.25) is 5.82 Å². The molecule has 2 heterocycles. The highest BCUT2D eigenvalue weighted by Crippen LogP contribution is 2.31. The Morgan fingerprint density at radius 1 is 1.00 bits per heavy atom. The Balaban J connectivity index is 1.90. The van der Waals surface area contributed by atoms with E-state index in [0.29, 0.717) is 6.42 Å². The normalized spacial score (nSPS) is 11.7. The van der Waals surface area contributed by atoms with E-state index in [0.717, 1.165) is 18.7 Å². The highest BCUT2D eigenvalue weighted by Gasteiger charge is 2.28. The van der Waals surface area contributed by atoms with E-state index in [2.05, 4.69) is 25.3 Å². The van der Waals surface area contributed by atoms with Gasteiger partial charge in [-0.1, -0.05) is 11.6 Å². The van der Waals surface area contributed by atoms with Crippen molar-refractivity contribution in [1.29, 1.82) is 0 Å². The number of alkyl halides is 3. The molecule has 1 aromatic carbocycles. The zero-order valence-electron chi connectivity index (χ0n) is 18.8. The Morgan fingerprint density at radius 3 is 2.26 bits per heavy atom. The number of halogens is 6. The molecule has 7 nitrogen and oxygen atoms in total. The Bertz CT molecular complexity index is 1120. The average molecular weight is 517 g/mol. The van der Waals surface area contributed by atoms with Gasteiger partial charge in [0.1, 0.15) is 34.9 Å². The van der Waals surface area contributed by atoms with E-state index in [1.165, 1.54) is 18.5 Å². The standard InChI is InChI=1S/C22H22ClF5N6O/c1-34(2)7-4-8-35-13-9-16(24)14(17(25)10-13)11-15-18(23)32-21(20-29-5-3-6-30-20)33-19(15)31-12-22(26,27)28/h3,5-6,9-10H,4,7-8,11-12H2,1-2H3,(H,31,32,33). The van der Waals surface area contributed by atoms with Gasteiger partial charge in [-0.15, -0.1) is 0 Å². The van der Waals surface area contributed by atoms with Crippen LogP contribution in [0, 0.1) is 11.6 Å². The van der Waals surface area contributed by atoms with Crippen LogP contribution in [0.1, 0.15) is 17.5 Å². The number of nitrogens with zero attached hydrogens (tertiary/aromatic N) is 5. The molecule has 0 aliphatic rings. The predicted octanol–water partition coefficient (Wildman–Crippen LogP) is 4.76. The van der Waals surface area contributed by atoms with Gasteiger partial charge in [-0.2, -0.15) is 13.2 Å². The zero-order chi connectivity index (χ0) is 25.6. The molecule has 0 amide bonds. The quantitative estimate of drug-likeness (QED) is 0.236. The van der Waals surface area contributed by atoms with Gasteiger partial charge in [0.15, 0.2) is 5.82 Å². The smallest absolute Gasteiger partial charge is 0.405 e. The molecule has 0 aliphatic heterocycles. The highest BCUT2D eigenvalue weighted by atomic mass is 35.5. The molecule has 188 valence electrons. The minimum absolute atomic E-state index is 0.00292. The first-order valence-corrected chi connectivity index (χ1v) is 10.8. The van der Waals surface area contributed by atoms with Crippen LogP contribution in [-0.2, 0) is 6.42 Å². The summed E-state index contributed by atoms with van der Waals surface area (Å²) in [5, 5.41) is 1.83. The molecule has 0 fully saturated rings. The van der Waals surface area contributed by atoms with Crippen molar-refractivity contribution in [3.8, 4) is 17.4 Å². The van der Waals surface area contributed by atoms with Crippen LogP contribution in [0.25, 0.3) is 11.6 Å². The van der Waals surface area contributed by atoms with Crippen molar-refractivity contribution in [1.82, 2.24) is 24.8 Å². The van der Waals surface area contributed by atoms with E-state index < -0.39 is 36.3 Å². The second-order valence-corrected chi connectivity index (χ2v) is 8.11. The van der Waals surface area contributed by atoms with Gasteiger partial charge in [-0.05, 0) is 26.6 Å². The second-order valence-electron chi connectivity index (χ2n) is 7.75. The Hall–Kier alpha value is -3.12. The van der Waals surface area contributed by atoms with Gasteiger partial charge < -0.3 is 15.0 Å². The summed E-state index contributed by atoms with van der Waals surface area (Å²) in [6.07, 6.45) is -1.65. The van der Waals surface area contributed by atoms with E-state index in [1.807, 2.05) is 19.0 Å². The molecule has 13 heteroatoms. The molecule has 0 bridgehead atoms. The van der Waals surface area contributed by atoms with E-state index in [1.54, 1.807) is 0 Å². The lowest BCUT2D eigenvalue weighted by Gasteiger charge is -2.16. The molecule has 1 N–H and O–H groups in total. The molecule has 0 atom stereocenters. The molecule has 0 saturated heterocycles. The lowest BCUT2D eigenvalue weighted by Crippen LogP contribution is -2.23. The lowest BCUT2D eigenvalue weighted by molar-refractivity contribution is -0.115. The summed E-state index contributed by atoms with van der Waals surface area (Å²) in [6, 6.07) is 3.55. The van der Waals surface area contributed by atoms with Crippen LogP contribution in [0.2, 0.25) is 5.15 Å². The number of anilines is 1. The molecule has 3 rings (SSSR count). The van der Waals surface area contributed by atoms with Gasteiger partial charge in [0, 0.05) is 48.6 Å². The first-order chi connectivity index (χ1) is 16.5. The lowest BCUT2D eigenvalue weighted by atomic mass is 10.0. The maximum Gasteiger partial charge on any atom is 0.405 e. The molecular formula is C22H22ClF5N6O. The molecule has 0 aliphatic carbocycles. The summed E-state index contributed by atoms with van der Waals surface area (Å²) in [7, 11) is 3.78. The van der Waals surface area contributed by atoms with Gasteiger partial charge in [0.05, 0.1) is 6.61 Å². The summed E-state index contributed by atoms with van der Waals surface area (Å²) in [5.41, 5.74) is -0.539. The third-order valence-corrected chi connectivity index (χ3v) is 4.98. The van der Waals surface area contributed by atoms with Crippen LogP contribution in [0.5, 0.6) is 5.75 Å². The Labute approximate surface area is 203 Å². The molecule has 3 aromatic rings. The van der Waals surface area contributed by atoms with Crippen molar-refractivity contribution in [2.45, 2.75) is 19.0 Å². The van der Waals surface area contributed by atoms with Crippen molar-refractivity contribution in [2.24, 2.45) is 0 Å². The molecule has 35 heavy (non-hydrogen) atoms. The fourth-order valence-electron chi connectivity index (χ4n) is 3.04. The summed E-state index contributed by atoms with van der Waals surface area (Å²) in [4.78, 5) is 17.9. The first-order valence-electron chi connectivity index (χ1n) is 10.4. The SMILES string of the molecule is CN(C)CCCOc1cc(F)c(Cc2c(Cl)nc(-c3ncccn3)nc2NCC(F)(F)F)c(F)c1. The third kappa shape index (κ3) is 7.69. The van der Waals surface area contributed by atoms with Gasteiger partial charge in [-0.3, -0.25) is 0 Å². The summed E-state index contributed by atoms with van der Waals surface area (Å²) in [6.45, 7) is -0.461. The van der Waals surface area contributed by atoms with Crippen molar-refractivity contribution in [3.63, 3.8) is 0 Å². The monoisotopic (exact) mass is 516 g/mol. The number of hydrogen-bond donors (Lipinski definition) is 1. The number of nitrogens with one attached hydrogen (secondary N) is 1.